The fraction of sp³-hybridized carbons (Fsp3) is 0.500. The summed E-state index contributed by atoms with van der Waals surface area (Å²) in [6.07, 6.45) is 1.52. The van der Waals surface area contributed by atoms with E-state index in [4.69, 9.17) is 4.74 Å². The Labute approximate surface area is 105 Å². The number of ketones is 1. The van der Waals surface area contributed by atoms with Crippen molar-refractivity contribution < 1.29 is 19.4 Å². The zero-order valence-corrected chi connectivity index (χ0v) is 10.2. The maximum atomic E-state index is 12.2. The number of ether oxygens (including phenoxy) is 1. The summed E-state index contributed by atoms with van der Waals surface area (Å²) in [5, 5.41) is 9.21. The summed E-state index contributed by atoms with van der Waals surface area (Å²) in [6.45, 7) is 2.55. The monoisotopic (exact) mass is 252 g/mol. The molecule has 1 aromatic rings. The highest BCUT2D eigenvalue weighted by Gasteiger charge is 2.28. The molecule has 0 spiro atoms. The van der Waals surface area contributed by atoms with Crippen LogP contribution in [-0.2, 0) is 4.74 Å². The standard InChI is InChI=1S/C12H16N2O4/c1-8(16)9-4-11(13-5-9)12(17)14-2-3-18-7-10(14)6-15/h4-5,10,13,15H,2-3,6-7H2,1H3. The van der Waals surface area contributed by atoms with E-state index in [2.05, 4.69) is 4.98 Å². The van der Waals surface area contributed by atoms with E-state index < -0.39 is 0 Å². The van der Waals surface area contributed by atoms with E-state index in [0.29, 0.717) is 31.0 Å². The van der Waals surface area contributed by atoms with Gasteiger partial charge in [-0.25, -0.2) is 0 Å². The van der Waals surface area contributed by atoms with Gasteiger partial charge in [-0.15, -0.1) is 0 Å². The van der Waals surface area contributed by atoms with Crippen molar-refractivity contribution in [3.05, 3.63) is 23.5 Å². The lowest BCUT2D eigenvalue weighted by atomic mass is 10.2. The first-order chi connectivity index (χ1) is 8.63. The zero-order valence-electron chi connectivity index (χ0n) is 10.2. The van der Waals surface area contributed by atoms with Crippen molar-refractivity contribution >= 4 is 11.7 Å². The second-order valence-electron chi connectivity index (χ2n) is 4.27. The van der Waals surface area contributed by atoms with E-state index in [1.807, 2.05) is 0 Å². The number of aromatic amines is 1. The number of nitrogens with one attached hydrogen (secondary N) is 1. The molecule has 0 radical (unpaired) electrons. The Kier molecular flexibility index (Phi) is 3.78. The minimum atomic E-state index is -0.324. The molecule has 0 bridgehead atoms. The van der Waals surface area contributed by atoms with Crippen molar-refractivity contribution in [1.29, 1.82) is 0 Å². The molecule has 2 heterocycles. The van der Waals surface area contributed by atoms with Gasteiger partial charge in [-0.1, -0.05) is 0 Å². The van der Waals surface area contributed by atoms with Crippen LogP contribution in [0.3, 0.4) is 0 Å². The zero-order chi connectivity index (χ0) is 13.1. The van der Waals surface area contributed by atoms with Gasteiger partial charge in [-0.05, 0) is 13.0 Å². The molecular weight excluding hydrogens is 236 g/mol. The third-order valence-corrected chi connectivity index (χ3v) is 3.02. The maximum Gasteiger partial charge on any atom is 0.270 e. The fourth-order valence-corrected chi connectivity index (χ4v) is 1.95. The van der Waals surface area contributed by atoms with Gasteiger partial charge in [0, 0.05) is 18.3 Å². The van der Waals surface area contributed by atoms with Gasteiger partial charge in [-0.2, -0.15) is 0 Å². The molecule has 98 valence electrons. The maximum absolute atomic E-state index is 12.2. The van der Waals surface area contributed by atoms with Crippen LogP contribution in [0.2, 0.25) is 0 Å². The Morgan fingerprint density at radius 2 is 2.39 bits per heavy atom. The molecule has 2 rings (SSSR count). The SMILES string of the molecule is CC(=O)c1c[nH]c(C(=O)N2CCOCC2CO)c1. The summed E-state index contributed by atoms with van der Waals surface area (Å²) in [5.74, 6) is -0.309. The number of aliphatic hydroxyl groups excluding tert-OH is 1. The number of carbonyl (C=O) groups excluding carboxylic acids is 2. The number of morpholine rings is 1. The van der Waals surface area contributed by atoms with Crippen LogP contribution in [0.4, 0.5) is 0 Å². The number of H-pyrrole nitrogens is 1. The molecule has 6 nitrogen and oxygen atoms in total. The van der Waals surface area contributed by atoms with Gasteiger partial charge in [0.25, 0.3) is 5.91 Å². The van der Waals surface area contributed by atoms with Crippen molar-refractivity contribution in [2.45, 2.75) is 13.0 Å². The molecule has 1 unspecified atom stereocenters. The van der Waals surface area contributed by atoms with E-state index in [9.17, 15) is 14.7 Å². The highest BCUT2D eigenvalue weighted by Crippen LogP contribution is 2.13. The minimum Gasteiger partial charge on any atom is -0.394 e. The second kappa shape index (κ2) is 5.32. The van der Waals surface area contributed by atoms with Gasteiger partial charge in [-0.3, -0.25) is 9.59 Å². The molecular formula is C12H16N2O4. The third kappa shape index (κ3) is 2.44. The molecule has 18 heavy (non-hydrogen) atoms. The summed E-state index contributed by atoms with van der Waals surface area (Å²) < 4.78 is 5.21. The molecule has 1 atom stereocenters. The Morgan fingerprint density at radius 3 is 3.00 bits per heavy atom. The number of aliphatic hydroxyl groups is 1. The van der Waals surface area contributed by atoms with E-state index in [-0.39, 0.29) is 24.3 Å². The Morgan fingerprint density at radius 1 is 1.61 bits per heavy atom. The highest BCUT2D eigenvalue weighted by atomic mass is 16.5. The molecule has 0 aliphatic carbocycles. The largest absolute Gasteiger partial charge is 0.394 e. The summed E-state index contributed by atoms with van der Waals surface area (Å²) in [6, 6.07) is 1.21. The molecule has 1 amide bonds. The number of Topliss-reactive ketones (excluding diaryl/α,β-unsaturated/α-hetero) is 1. The first-order valence-electron chi connectivity index (χ1n) is 5.82. The van der Waals surface area contributed by atoms with Crippen LogP contribution in [0.25, 0.3) is 0 Å². The van der Waals surface area contributed by atoms with E-state index >= 15 is 0 Å². The lowest BCUT2D eigenvalue weighted by Gasteiger charge is -2.34. The van der Waals surface area contributed by atoms with Crippen LogP contribution in [0, 0.1) is 0 Å². The van der Waals surface area contributed by atoms with Crippen molar-refractivity contribution in [2.24, 2.45) is 0 Å². The van der Waals surface area contributed by atoms with Crippen molar-refractivity contribution in [3.8, 4) is 0 Å². The molecule has 0 aromatic carbocycles. The summed E-state index contributed by atoms with van der Waals surface area (Å²) >= 11 is 0. The average molecular weight is 252 g/mol. The molecule has 2 N–H and O–H groups in total. The summed E-state index contributed by atoms with van der Waals surface area (Å²) in [5.41, 5.74) is 0.840. The van der Waals surface area contributed by atoms with E-state index in [1.165, 1.54) is 19.2 Å². The van der Waals surface area contributed by atoms with Crippen LogP contribution in [0.1, 0.15) is 27.8 Å². The molecule has 6 heteroatoms. The predicted molar refractivity (Wildman–Crippen MR) is 63.5 cm³/mol. The second-order valence-corrected chi connectivity index (χ2v) is 4.27. The normalized spacial score (nSPS) is 19.9. The van der Waals surface area contributed by atoms with Gasteiger partial charge in [0.2, 0.25) is 0 Å². The Hall–Kier alpha value is -1.66. The van der Waals surface area contributed by atoms with Crippen molar-refractivity contribution in [2.75, 3.05) is 26.4 Å². The molecule has 1 aliphatic rings. The van der Waals surface area contributed by atoms with Crippen molar-refractivity contribution in [1.82, 2.24) is 9.88 Å². The average Bonchev–Trinajstić information content (AvgIpc) is 2.87. The lowest BCUT2D eigenvalue weighted by molar-refractivity contribution is -0.0186. The molecule has 0 saturated carbocycles. The van der Waals surface area contributed by atoms with Gasteiger partial charge in [0.15, 0.2) is 5.78 Å². The van der Waals surface area contributed by atoms with Crippen LogP contribution in [-0.4, -0.2) is 59.1 Å². The predicted octanol–water partition coefficient (Wildman–Crippen LogP) is 0.0506. The lowest BCUT2D eigenvalue weighted by Crippen LogP contribution is -2.50. The molecule has 1 fully saturated rings. The first kappa shape index (κ1) is 12.8. The van der Waals surface area contributed by atoms with Crippen LogP contribution in [0.5, 0.6) is 0 Å². The topological polar surface area (TPSA) is 82.6 Å². The fourth-order valence-electron chi connectivity index (χ4n) is 1.95. The summed E-state index contributed by atoms with van der Waals surface area (Å²) in [7, 11) is 0. The molecule has 1 saturated heterocycles. The number of hydrogen-bond donors (Lipinski definition) is 2. The number of amides is 1. The number of carbonyl (C=O) groups is 2. The summed E-state index contributed by atoms with van der Waals surface area (Å²) in [4.78, 5) is 27.8. The highest BCUT2D eigenvalue weighted by molar-refractivity contribution is 5.99. The number of aromatic nitrogens is 1. The minimum absolute atomic E-state index is 0.0917. The van der Waals surface area contributed by atoms with E-state index in [0.717, 1.165) is 0 Å². The third-order valence-electron chi connectivity index (χ3n) is 3.02. The number of hydrogen-bond acceptors (Lipinski definition) is 4. The van der Waals surface area contributed by atoms with Gasteiger partial charge >= 0.3 is 0 Å². The van der Waals surface area contributed by atoms with Crippen LogP contribution in [0.15, 0.2) is 12.3 Å². The number of nitrogens with zero attached hydrogens (tertiary/aromatic N) is 1. The van der Waals surface area contributed by atoms with Gasteiger partial charge in [0.1, 0.15) is 5.69 Å². The van der Waals surface area contributed by atoms with Gasteiger partial charge in [0.05, 0.1) is 25.9 Å². The number of rotatable bonds is 3. The molecule has 1 aromatic heterocycles. The Balaban J connectivity index is 2.15. The first-order valence-corrected chi connectivity index (χ1v) is 5.82. The molecule has 1 aliphatic heterocycles. The van der Waals surface area contributed by atoms with Gasteiger partial charge < -0.3 is 19.7 Å². The van der Waals surface area contributed by atoms with E-state index in [1.54, 1.807) is 4.90 Å². The quantitative estimate of drug-likeness (QED) is 0.745. The Bertz CT molecular complexity index is 455. The van der Waals surface area contributed by atoms with Crippen molar-refractivity contribution in [3.63, 3.8) is 0 Å². The van der Waals surface area contributed by atoms with Crippen LogP contribution < -0.4 is 0 Å². The van der Waals surface area contributed by atoms with Crippen LogP contribution >= 0.6 is 0 Å². The smallest absolute Gasteiger partial charge is 0.270 e.